The first-order chi connectivity index (χ1) is 11.6. The largest absolute Gasteiger partial charge is 0.464 e. The highest BCUT2D eigenvalue weighted by molar-refractivity contribution is 5.87. The van der Waals surface area contributed by atoms with Crippen molar-refractivity contribution in [1.29, 1.82) is 0 Å². The zero-order valence-corrected chi connectivity index (χ0v) is 13.7. The monoisotopic (exact) mass is 336 g/mol. The maximum atomic E-state index is 12.4. The lowest BCUT2D eigenvalue weighted by Gasteiger charge is -2.20. The van der Waals surface area contributed by atoms with Gasteiger partial charge in [0.25, 0.3) is 0 Å². The van der Waals surface area contributed by atoms with Crippen molar-refractivity contribution in [2.75, 3.05) is 20.3 Å². The van der Waals surface area contributed by atoms with E-state index in [9.17, 15) is 9.59 Å². The minimum absolute atomic E-state index is 0.0392. The van der Waals surface area contributed by atoms with Crippen LogP contribution in [0, 0.1) is 6.92 Å². The molecule has 0 radical (unpaired) electrons. The second-order valence-corrected chi connectivity index (χ2v) is 5.66. The third-order valence-electron chi connectivity index (χ3n) is 4.10. The Hall–Kier alpha value is -2.49. The number of aryl methyl sites for hydroxylation is 3. The van der Waals surface area contributed by atoms with Crippen molar-refractivity contribution in [1.82, 2.24) is 29.6 Å². The van der Waals surface area contributed by atoms with Gasteiger partial charge in [-0.05, 0) is 36.3 Å². The predicted molar refractivity (Wildman–Crippen MR) is 81.7 cm³/mol. The van der Waals surface area contributed by atoms with E-state index in [0.29, 0.717) is 26.3 Å². The molecule has 0 saturated carbocycles. The molecule has 0 unspecified atom stereocenters. The highest BCUT2D eigenvalue weighted by atomic mass is 16.5. The van der Waals surface area contributed by atoms with Crippen LogP contribution >= 0.6 is 0 Å². The van der Waals surface area contributed by atoms with E-state index in [2.05, 4.69) is 20.3 Å². The van der Waals surface area contributed by atoms with Gasteiger partial charge in [-0.3, -0.25) is 4.68 Å². The number of rotatable bonds is 5. The van der Waals surface area contributed by atoms with Crippen LogP contribution in [0.1, 0.15) is 35.1 Å². The Labute approximate surface area is 137 Å². The number of tetrazole rings is 1. The molecule has 1 fully saturated rings. The maximum Gasteiger partial charge on any atom is 0.363 e. The fourth-order valence-electron chi connectivity index (χ4n) is 2.72. The zero-order valence-electron chi connectivity index (χ0n) is 13.7. The molecule has 1 aliphatic heterocycles. The van der Waals surface area contributed by atoms with Crippen LogP contribution in [0.3, 0.4) is 0 Å². The molecule has 0 bridgehead atoms. The molecule has 0 aromatic carbocycles. The summed E-state index contributed by atoms with van der Waals surface area (Å²) in [7, 11) is 1.31. The Morgan fingerprint density at radius 3 is 2.71 bits per heavy atom. The first kappa shape index (κ1) is 16.4. The fraction of sp³-hybridized carbons (Fsp3) is 0.643. The number of carbonyl (C=O) groups is 1. The number of nitrogens with zero attached hydrogens (tertiary/aromatic N) is 6. The Morgan fingerprint density at radius 2 is 2.00 bits per heavy atom. The first-order valence-electron chi connectivity index (χ1n) is 7.83. The first-order valence-corrected chi connectivity index (χ1v) is 7.83. The molecule has 0 N–H and O–H groups in total. The molecular formula is C14H20N6O4. The van der Waals surface area contributed by atoms with E-state index in [4.69, 9.17) is 4.74 Å². The van der Waals surface area contributed by atoms with Gasteiger partial charge in [0.15, 0.2) is 5.69 Å². The molecule has 3 heterocycles. The van der Waals surface area contributed by atoms with Crippen molar-refractivity contribution in [3.8, 4) is 0 Å². The molecule has 10 heteroatoms. The number of methoxy groups -OCH3 is 1. The van der Waals surface area contributed by atoms with Gasteiger partial charge in [0, 0.05) is 18.9 Å². The summed E-state index contributed by atoms with van der Waals surface area (Å²) >= 11 is 0. The van der Waals surface area contributed by atoms with E-state index in [1.165, 1.54) is 16.5 Å². The SMILES string of the molecule is COC(=O)c1cc(C)n(CCn2nnn(C3CCOCC3)c2=O)n1. The molecule has 1 aliphatic rings. The van der Waals surface area contributed by atoms with Crippen LogP contribution in [0.25, 0.3) is 0 Å². The van der Waals surface area contributed by atoms with E-state index >= 15 is 0 Å². The fourth-order valence-corrected chi connectivity index (χ4v) is 2.72. The smallest absolute Gasteiger partial charge is 0.363 e. The topological polar surface area (TPSA) is 106 Å². The number of carbonyl (C=O) groups excluding carboxylic acids is 1. The zero-order chi connectivity index (χ0) is 17.1. The van der Waals surface area contributed by atoms with Crippen LogP contribution in [-0.2, 0) is 22.6 Å². The second kappa shape index (κ2) is 6.95. The standard InChI is InChI=1S/C14H20N6O4/c1-10-9-12(13(21)23-2)15-18(10)5-6-19-14(22)20(17-16-19)11-3-7-24-8-4-11/h9,11H,3-8H2,1-2H3. The number of ether oxygens (including phenoxy) is 2. The molecule has 10 nitrogen and oxygen atoms in total. The lowest BCUT2D eigenvalue weighted by atomic mass is 10.1. The highest BCUT2D eigenvalue weighted by Gasteiger charge is 2.20. The lowest BCUT2D eigenvalue weighted by Crippen LogP contribution is -2.32. The third kappa shape index (κ3) is 3.23. The Morgan fingerprint density at radius 1 is 1.29 bits per heavy atom. The van der Waals surface area contributed by atoms with E-state index in [1.807, 2.05) is 6.92 Å². The van der Waals surface area contributed by atoms with Crippen molar-refractivity contribution in [3.63, 3.8) is 0 Å². The van der Waals surface area contributed by atoms with Gasteiger partial charge in [-0.15, -0.1) is 0 Å². The highest BCUT2D eigenvalue weighted by Crippen LogP contribution is 2.17. The van der Waals surface area contributed by atoms with Gasteiger partial charge in [0.2, 0.25) is 0 Å². The molecule has 24 heavy (non-hydrogen) atoms. The van der Waals surface area contributed by atoms with Gasteiger partial charge in [-0.1, -0.05) is 0 Å². The lowest BCUT2D eigenvalue weighted by molar-refractivity contribution is 0.0592. The summed E-state index contributed by atoms with van der Waals surface area (Å²) in [5.74, 6) is -0.487. The molecule has 2 aromatic heterocycles. The average molecular weight is 336 g/mol. The van der Waals surface area contributed by atoms with Gasteiger partial charge in [0.1, 0.15) is 0 Å². The van der Waals surface area contributed by atoms with Crippen LogP contribution in [0.5, 0.6) is 0 Å². The van der Waals surface area contributed by atoms with E-state index in [1.54, 1.807) is 10.7 Å². The summed E-state index contributed by atoms with van der Waals surface area (Å²) in [5.41, 5.74) is 0.813. The summed E-state index contributed by atoms with van der Waals surface area (Å²) in [6.07, 6.45) is 1.53. The van der Waals surface area contributed by atoms with Crippen LogP contribution in [0.4, 0.5) is 0 Å². The van der Waals surface area contributed by atoms with Crippen molar-refractivity contribution in [2.45, 2.75) is 38.9 Å². The molecule has 0 atom stereocenters. The van der Waals surface area contributed by atoms with Gasteiger partial charge in [-0.25, -0.2) is 9.59 Å². The average Bonchev–Trinajstić information content (AvgIpc) is 3.16. The molecule has 2 aromatic rings. The van der Waals surface area contributed by atoms with Crippen LogP contribution in [0.2, 0.25) is 0 Å². The van der Waals surface area contributed by atoms with Crippen LogP contribution < -0.4 is 5.69 Å². The van der Waals surface area contributed by atoms with Crippen molar-refractivity contribution in [2.24, 2.45) is 0 Å². The maximum absolute atomic E-state index is 12.4. The minimum Gasteiger partial charge on any atom is -0.464 e. The van der Waals surface area contributed by atoms with Gasteiger partial charge < -0.3 is 9.47 Å². The number of aromatic nitrogens is 6. The van der Waals surface area contributed by atoms with Crippen molar-refractivity contribution < 1.29 is 14.3 Å². The molecular weight excluding hydrogens is 316 g/mol. The van der Waals surface area contributed by atoms with Crippen molar-refractivity contribution in [3.05, 3.63) is 27.9 Å². The summed E-state index contributed by atoms with van der Waals surface area (Å²) in [4.78, 5) is 23.9. The van der Waals surface area contributed by atoms with Crippen LogP contribution in [0.15, 0.2) is 10.9 Å². The second-order valence-electron chi connectivity index (χ2n) is 5.66. The molecule has 0 aliphatic carbocycles. The summed E-state index contributed by atoms with van der Waals surface area (Å²) < 4.78 is 14.3. The quantitative estimate of drug-likeness (QED) is 0.695. The Bertz CT molecular complexity index is 771. The predicted octanol–water partition coefficient (Wildman–Crippen LogP) is -0.217. The molecule has 130 valence electrons. The Kier molecular flexibility index (Phi) is 4.74. The van der Waals surface area contributed by atoms with E-state index < -0.39 is 5.97 Å². The molecule has 0 spiro atoms. The van der Waals surface area contributed by atoms with E-state index in [0.717, 1.165) is 18.5 Å². The van der Waals surface area contributed by atoms with Gasteiger partial charge in [-0.2, -0.15) is 14.5 Å². The number of hydrogen-bond acceptors (Lipinski definition) is 7. The number of esters is 1. The molecule has 3 rings (SSSR count). The summed E-state index contributed by atoms with van der Waals surface area (Å²) in [6.45, 7) is 3.83. The van der Waals surface area contributed by atoms with Crippen molar-refractivity contribution >= 4 is 5.97 Å². The summed E-state index contributed by atoms with van der Waals surface area (Å²) in [6, 6.07) is 1.69. The van der Waals surface area contributed by atoms with Gasteiger partial charge in [0.05, 0.1) is 26.2 Å². The minimum atomic E-state index is -0.487. The third-order valence-corrected chi connectivity index (χ3v) is 4.10. The Balaban J connectivity index is 1.69. The number of hydrogen-bond donors (Lipinski definition) is 0. The summed E-state index contributed by atoms with van der Waals surface area (Å²) in [5, 5.41) is 12.1. The molecule has 1 saturated heterocycles. The van der Waals surface area contributed by atoms with Gasteiger partial charge >= 0.3 is 11.7 Å². The van der Waals surface area contributed by atoms with E-state index in [-0.39, 0.29) is 17.4 Å². The van der Waals surface area contributed by atoms with Crippen LogP contribution in [-0.4, -0.2) is 55.9 Å². The normalized spacial score (nSPS) is 15.6. The molecule has 0 amide bonds.